The zero-order valence-electron chi connectivity index (χ0n) is 7.36. The number of nitrogens with zero attached hydrogens (tertiary/aromatic N) is 1. The molecule has 0 bridgehead atoms. The summed E-state index contributed by atoms with van der Waals surface area (Å²) in [6, 6.07) is 10.1. The molecule has 1 aromatic rings. The van der Waals surface area contributed by atoms with Crippen LogP contribution in [0.5, 0.6) is 0 Å². The van der Waals surface area contributed by atoms with Crippen molar-refractivity contribution < 1.29 is 0 Å². The fourth-order valence-corrected chi connectivity index (χ4v) is 2.91. The van der Waals surface area contributed by atoms with Crippen LogP contribution in [0.25, 0.3) is 0 Å². The second kappa shape index (κ2) is 3.85. The van der Waals surface area contributed by atoms with Crippen LogP contribution >= 0.6 is 11.8 Å². The van der Waals surface area contributed by atoms with E-state index in [9.17, 15) is 0 Å². The molecule has 0 N–H and O–H groups in total. The van der Waals surface area contributed by atoms with E-state index < -0.39 is 0 Å². The van der Waals surface area contributed by atoms with Gasteiger partial charge in [0.15, 0.2) is 0 Å². The molecule has 66 valence electrons. The van der Waals surface area contributed by atoms with Gasteiger partial charge in [-0.1, -0.05) is 12.1 Å². The fourth-order valence-electron chi connectivity index (χ4n) is 1.61. The Morgan fingerprint density at radius 2 is 2.08 bits per heavy atom. The molecule has 0 unspecified atom stereocenters. The molecule has 1 saturated heterocycles. The maximum Gasteiger partial charge on any atom is 0.0991 e. The highest BCUT2D eigenvalue weighted by atomic mass is 32.2. The lowest BCUT2D eigenvalue weighted by Crippen LogP contribution is -1.87. The van der Waals surface area contributed by atoms with Crippen LogP contribution in [0.2, 0.25) is 0 Å². The first-order chi connectivity index (χ1) is 6.40. The summed E-state index contributed by atoms with van der Waals surface area (Å²) in [4.78, 5) is 0. The van der Waals surface area contributed by atoms with Crippen LogP contribution in [-0.4, -0.2) is 5.75 Å². The van der Waals surface area contributed by atoms with Crippen LogP contribution in [0.1, 0.15) is 29.2 Å². The quantitative estimate of drug-likeness (QED) is 0.677. The lowest BCUT2D eigenvalue weighted by molar-refractivity contribution is 0.829. The highest BCUT2D eigenvalue weighted by Crippen LogP contribution is 2.39. The van der Waals surface area contributed by atoms with Crippen LogP contribution in [0, 0.1) is 11.3 Å². The smallest absolute Gasteiger partial charge is 0.0991 e. The van der Waals surface area contributed by atoms with E-state index >= 15 is 0 Å². The minimum Gasteiger partial charge on any atom is -0.192 e. The first-order valence-corrected chi connectivity index (χ1v) is 5.57. The second-order valence-electron chi connectivity index (χ2n) is 3.24. The van der Waals surface area contributed by atoms with Crippen molar-refractivity contribution in [3.8, 4) is 6.07 Å². The first kappa shape index (κ1) is 8.65. The van der Waals surface area contributed by atoms with Crippen LogP contribution in [0.3, 0.4) is 0 Å². The number of hydrogen-bond acceptors (Lipinski definition) is 2. The molecule has 0 aromatic heterocycles. The Morgan fingerprint density at radius 3 is 2.62 bits per heavy atom. The van der Waals surface area contributed by atoms with E-state index in [0.717, 1.165) is 5.56 Å². The Balaban J connectivity index is 2.18. The third kappa shape index (κ3) is 1.87. The molecule has 0 amide bonds. The van der Waals surface area contributed by atoms with E-state index in [1.165, 1.54) is 24.2 Å². The number of hydrogen-bond donors (Lipinski definition) is 0. The molecule has 1 aliphatic rings. The molecular formula is C11H11NS. The van der Waals surface area contributed by atoms with Crippen LogP contribution in [-0.2, 0) is 0 Å². The Bertz CT molecular complexity index is 317. The van der Waals surface area contributed by atoms with Crippen LogP contribution in [0.15, 0.2) is 24.3 Å². The van der Waals surface area contributed by atoms with E-state index in [0.29, 0.717) is 5.25 Å². The molecule has 1 aromatic carbocycles. The van der Waals surface area contributed by atoms with Crippen molar-refractivity contribution >= 4 is 11.8 Å². The third-order valence-corrected chi connectivity index (χ3v) is 3.78. The highest BCUT2D eigenvalue weighted by Gasteiger charge is 2.16. The SMILES string of the molecule is N#Cc1ccc([C@@H]2CCCS2)cc1. The summed E-state index contributed by atoms with van der Waals surface area (Å²) in [6.07, 6.45) is 2.62. The van der Waals surface area contributed by atoms with Gasteiger partial charge in [-0.25, -0.2) is 0 Å². The second-order valence-corrected chi connectivity index (χ2v) is 4.55. The summed E-state index contributed by atoms with van der Waals surface area (Å²) in [5.74, 6) is 1.28. The van der Waals surface area contributed by atoms with Crippen molar-refractivity contribution in [2.24, 2.45) is 0 Å². The fraction of sp³-hybridized carbons (Fsp3) is 0.364. The van der Waals surface area contributed by atoms with Gasteiger partial charge in [-0.15, -0.1) is 0 Å². The summed E-state index contributed by atoms with van der Waals surface area (Å²) >= 11 is 2.03. The van der Waals surface area contributed by atoms with Gasteiger partial charge in [0.1, 0.15) is 0 Å². The molecule has 1 heterocycles. The standard InChI is InChI=1S/C11H11NS/c12-8-9-3-5-10(6-4-9)11-2-1-7-13-11/h3-6,11H,1-2,7H2/t11-/m0/s1. The normalized spacial score (nSPS) is 21.3. The van der Waals surface area contributed by atoms with Gasteiger partial charge in [0.05, 0.1) is 11.6 Å². The minimum absolute atomic E-state index is 0.674. The van der Waals surface area contributed by atoms with E-state index in [1.807, 2.05) is 23.9 Å². The average molecular weight is 189 g/mol. The maximum atomic E-state index is 8.64. The topological polar surface area (TPSA) is 23.8 Å². The molecule has 1 aliphatic heterocycles. The van der Waals surface area contributed by atoms with E-state index in [1.54, 1.807) is 0 Å². The van der Waals surface area contributed by atoms with Crippen molar-refractivity contribution in [3.05, 3.63) is 35.4 Å². The lowest BCUT2D eigenvalue weighted by Gasteiger charge is -2.07. The number of benzene rings is 1. The van der Waals surface area contributed by atoms with Gasteiger partial charge in [-0.2, -0.15) is 17.0 Å². The molecule has 1 fully saturated rings. The molecule has 0 radical (unpaired) electrons. The summed E-state index contributed by atoms with van der Waals surface area (Å²) in [5.41, 5.74) is 2.13. The maximum absolute atomic E-state index is 8.64. The van der Waals surface area contributed by atoms with Gasteiger partial charge in [-0.05, 0) is 36.3 Å². The van der Waals surface area contributed by atoms with Crippen molar-refractivity contribution in [3.63, 3.8) is 0 Å². The molecule has 2 rings (SSSR count). The van der Waals surface area contributed by atoms with Crippen molar-refractivity contribution in [2.75, 3.05) is 5.75 Å². The largest absolute Gasteiger partial charge is 0.192 e. The van der Waals surface area contributed by atoms with Crippen molar-refractivity contribution in [1.82, 2.24) is 0 Å². The summed E-state index contributed by atoms with van der Waals surface area (Å²) in [6.45, 7) is 0. The molecule has 0 aliphatic carbocycles. The average Bonchev–Trinajstić information content (AvgIpc) is 2.71. The predicted molar refractivity (Wildman–Crippen MR) is 55.6 cm³/mol. The number of rotatable bonds is 1. The minimum atomic E-state index is 0.674. The zero-order chi connectivity index (χ0) is 9.10. The molecule has 1 nitrogen and oxygen atoms in total. The molecular weight excluding hydrogens is 178 g/mol. The van der Waals surface area contributed by atoms with Crippen molar-refractivity contribution in [1.29, 1.82) is 5.26 Å². The summed E-state index contributed by atoms with van der Waals surface area (Å²) < 4.78 is 0. The summed E-state index contributed by atoms with van der Waals surface area (Å²) in [5, 5.41) is 9.31. The van der Waals surface area contributed by atoms with E-state index in [2.05, 4.69) is 18.2 Å². The van der Waals surface area contributed by atoms with Crippen molar-refractivity contribution in [2.45, 2.75) is 18.1 Å². The number of nitriles is 1. The molecule has 0 saturated carbocycles. The predicted octanol–water partition coefficient (Wildman–Crippen LogP) is 3.13. The lowest BCUT2D eigenvalue weighted by atomic mass is 10.1. The van der Waals surface area contributed by atoms with Gasteiger partial charge in [0.2, 0.25) is 0 Å². The molecule has 1 atom stereocenters. The van der Waals surface area contributed by atoms with Gasteiger partial charge in [0.25, 0.3) is 0 Å². The molecule has 2 heteroatoms. The van der Waals surface area contributed by atoms with Gasteiger partial charge in [0, 0.05) is 5.25 Å². The Hall–Kier alpha value is -0.940. The highest BCUT2D eigenvalue weighted by molar-refractivity contribution is 7.99. The Morgan fingerprint density at radius 1 is 1.31 bits per heavy atom. The monoisotopic (exact) mass is 189 g/mol. The van der Waals surface area contributed by atoms with Gasteiger partial charge in [-0.3, -0.25) is 0 Å². The molecule has 13 heavy (non-hydrogen) atoms. The molecule has 0 spiro atoms. The Labute approximate surface area is 82.8 Å². The van der Waals surface area contributed by atoms with Gasteiger partial charge < -0.3 is 0 Å². The third-order valence-electron chi connectivity index (χ3n) is 2.34. The van der Waals surface area contributed by atoms with E-state index in [-0.39, 0.29) is 0 Å². The van der Waals surface area contributed by atoms with Crippen LogP contribution in [0.4, 0.5) is 0 Å². The van der Waals surface area contributed by atoms with Crippen LogP contribution < -0.4 is 0 Å². The Kier molecular flexibility index (Phi) is 2.56. The summed E-state index contributed by atoms with van der Waals surface area (Å²) in [7, 11) is 0. The zero-order valence-corrected chi connectivity index (χ0v) is 8.18. The number of thioether (sulfide) groups is 1. The van der Waals surface area contributed by atoms with Gasteiger partial charge >= 0.3 is 0 Å². The van der Waals surface area contributed by atoms with E-state index in [4.69, 9.17) is 5.26 Å². The first-order valence-electron chi connectivity index (χ1n) is 4.52.